The molecule has 0 aliphatic rings. The third-order valence-electron chi connectivity index (χ3n) is 2.86. The van der Waals surface area contributed by atoms with Crippen molar-refractivity contribution in [2.24, 2.45) is 11.5 Å². The molecule has 0 aromatic rings. The molecule has 10 nitrogen and oxygen atoms in total. The monoisotopic (exact) mass is 404 g/mol. The van der Waals surface area contributed by atoms with Gasteiger partial charge in [0.25, 0.3) is 0 Å². The molecular weight excluding hydrogens is 387 g/mol. The van der Waals surface area contributed by atoms with Crippen molar-refractivity contribution in [1.29, 1.82) is 0 Å². The van der Waals surface area contributed by atoms with Crippen molar-refractivity contribution in [2.45, 2.75) is 36.8 Å². The Hall–Kier alpha value is 0.423. The van der Waals surface area contributed by atoms with Gasteiger partial charge in [-0.25, -0.2) is 0 Å². The van der Waals surface area contributed by atoms with E-state index in [0.717, 1.165) is 0 Å². The van der Waals surface area contributed by atoms with Gasteiger partial charge in [-0.15, -0.1) is 0 Å². The molecule has 0 rings (SSSR count). The Morgan fingerprint density at radius 2 is 0.739 bits per heavy atom. The molecule has 0 bridgehead atoms. The number of carboxylic acids is 4. The summed E-state index contributed by atoms with van der Waals surface area (Å²) in [6, 6.07) is 0. The topological polar surface area (TPSA) is 201 Å². The SMILES string of the molecule is NC(CC(=O)O)(CC(=O)O)C(N)(CC(=O)O)CC(=O)O.[NaH].[NaH].[Zn]. The predicted molar refractivity (Wildman–Crippen MR) is 77.1 cm³/mol. The van der Waals surface area contributed by atoms with Gasteiger partial charge >= 0.3 is 83.0 Å². The molecule has 0 saturated heterocycles. The van der Waals surface area contributed by atoms with Crippen LogP contribution in [0.2, 0.25) is 0 Å². The number of hydrogen-bond donors (Lipinski definition) is 6. The standard InChI is InChI=1S/C10H16N2O8.2Na.Zn.2H/c11-9(1-5(13)14,2-6(15)16)10(12,3-7(17)18)4-8(19)20;;;;;/h1-4,11-12H2,(H,13,14)(H,15,16)(H,17,18)(H,19,20);;;;;. The first-order valence-corrected chi connectivity index (χ1v) is 5.37. The summed E-state index contributed by atoms with van der Waals surface area (Å²) in [6.45, 7) is 0. The molecule has 0 heterocycles. The molecule has 120 valence electrons. The molecule has 0 unspecified atom stereocenters. The van der Waals surface area contributed by atoms with Crippen LogP contribution in [0.25, 0.3) is 0 Å². The van der Waals surface area contributed by atoms with Crippen LogP contribution in [0.3, 0.4) is 0 Å². The van der Waals surface area contributed by atoms with Crippen LogP contribution in [0, 0.1) is 0 Å². The van der Waals surface area contributed by atoms with E-state index in [9.17, 15) is 19.2 Å². The molecule has 23 heavy (non-hydrogen) atoms. The van der Waals surface area contributed by atoms with Crippen molar-refractivity contribution >= 4 is 83.0 Å². The second-order valence-electron chi connectivity index (χ2n) is 4.59. The van der Waals surface area contributed by atoms with Crippen LogP contribution in [0.4, 0.5) is 0 Å². The van der Waals surface area contributed by atoms with Crippen LogP contribution in [0.5, 0.6) is 0 Å². The number of carbonyl (C=O) groups is 4. The largest absolute Gasteiger partial charge is 0 e. The minimum absolute atomic E-state index is 0. The average Bonchev–Trinajstić information content (AvgIpc) is 2.10. The summed E-state index contributed by atoms with van der Waals surface area (Å²) in [5.41, 5.74) is 6.88. The fourth-order valence-electron chi connectivity index (χ4n) is 1.91. The summed E-state index contributed by atoms with van der Waals surface area (Å²) in [7, 11) is 0. The molecule has 13 heteroatoms. The molecule has 0 saturated carbocycles. The van der Waals surface area contributed by atoms with E-state index in [1.807, 2.05) is 0 Å². The summed E-state index contributed by atoms with van der Waals surface area (Å²) < 4.78 is 0. The Bertz CT molecular complexity index is 377. The van der Waals surface area contributed by atoms with Gasteiger partial charge in [0.15, 0.2) is 0 Å². The smallest absolute Gasteiger partial charge is 0 e. The van der Waals surface area contributed by atoms with Crippen LogP contribution in [0.1, 0.15) is 25.7 Å². The number of hydrogen-bond acceptors (Lipinski definition) is 6. The minimum atomic E-state index is -2.22. The van der Waals surface area contributed by atoms with Crippen LogP contribution in [0.15, 0.2) is 0 Å². The van der Waals surface area contributed by atoms with Crippen LogP contribution in [-0.4, -0.2) is 114 Å². The second kappa shape index (κ2) is 12.7. The zero-order valence-corrected chi connectivity index (χ0v) is 14.1. The summed E-state index contributed by atoms with van der Waals surface area (Å²) >= 11 is 0. The second-order valence-corrected chi connectivity index (χ2v) is 4.59. The average molecular weight is 406 g/mol. The number of carboxylic acid groups (broad SMARTS) is 4. The Labute approximate surface area is 188 Å². The first-order valence-electron chi connectivity index (χ1n) is 5.37. The Morgan fingerprint density at radius 3 is 0.826 bits per heavy atom. The maximum Gasteiger partial charge on any atom is 0 e. The van der Waals surface area contributed by atoms with Crippen molar-refractivity contribution in [3.05, 3.63) is 0 Å². The molecule has 0 aromatic heterocycles. The van der Waals surface area contributed by atoms with Crippen LogP contribution >= 0.6 is 0 Å². The normalized spacial score (nSPS) is 10.3. The van der Waals surface area contributed by atoms with E-state index in [-0.39, 0.29) is 78.6 Å². The Kier molecular flexibility index (Phi) is 17.3. The van der Waals surface area contributed by atoms with E-state index < -0.39 is 60.6 Å². The molecule has 0 aliphatic carbocycles. The summed E-state index contributed by atoms with van der Waals surface area (Å²) in [4.78, 5) is 43.2. The van der Waals surface area contributed by atoms with Gasteiger partial charge in [-0.05, 0) is 0 Å². The predicted octanol–water partition coefficient (Wildman–Crippen LogP) is -3.02. The van der Waals surface area contributed by atoms with Crippen molar-refractivity contribution in [3.8, 4) is 0 Å². The van der Waals surface area contributed by atoms with Crippen molar-refractivity contribution in [3.63, 3.8) is 0 Å². The zero-order valence-electron chi connectivity index (χ0n) is 11.1. The summed E-state index contributed by atoms with van der Waals surface area (Å²) in [6.07, 6.45) is -3.90. The van der Waals surface area contributed by atoms with Gasteiger partial charge in [0.1, 0.15) is 0 Å². The van der Waals surface area contributed by atoms with Gasteiger partial charge in [0.05, 0.1) is 36.8 Å². The third-order valence-corrected chi connectivity index (χ3v) is 2.86. The minimum Gasteiger partial charge on any atom is 0 e. The molecular formula is C10H18N2Na2O8Zn. The molecule has 0 aliphatic heterocycles. The van der Waals surface area contributed by atoms with Crippen LogP contribution < -0.4 is 11.5 Å². The number of aliphatic carboxylic acids is 4. The third kappa shape index (κ3) is 10.8. The van der Waals surface area contributed by atoms with Crippen molar-refractivity contribution in [2.75, 3.05) is 0 Å². The van der Waals surface area contributed by atoms with Gasteiger partial charge in [-0.2, -0.15) is 0 Å². The molecule has 0 spiro atoms. The quantitative estimate of drug-likeness (QED) is 0.214. The maximum absolute atomic E-state index is 10.8. The van der Waals surface area contributed by atoms with Gasteiger partial charge in [0, 0.05) is 19.5 Å². The van der Waals surface area contributed by atoms with Gasteiger partial charge < -0.3 is 31.9 Å². The van der Waals surface area contributed by atoms with E-state index in [4.69, 9.17) is 31.9 Å². The van der Waals surface area contributed by atoms with Gasteiger partial charge in [-0.3, -0.25) is 19.2 Å². The van der Waals surface area contributed by atoms with E-state index in [1.54, 1.807) is 0 Å². The van der Waals surface area contributed by atoms with Crippen molar-refractivity contribution in [1.82, 2.24) is 0 Å². The Balaban J connectivity index is -0.000000602. The first-order chi connectivity index (χ1) is 8.92. The molecule has 8 N–H and O–H groups in total. The fourth-order valence-corrected chi connectivity index (χ4v) is 1.91. The number of rotatable bonds is 9. The van der Waals surface area contributed by atoms with E-state index in [1.165, 1.54) is 0 Å². The summed E-state index contributed by atoms with van der Waals surface area (Å²) in [5.74, 6) is -6.06. The number of nitrogens with two attached hydrogens (primary N) is 2. The maximum atomic E-state index is 10.8. The molecule has 0 atom stereocenters. The van der Waals surface area contributed by atoms with Crippen LogP contribution in [-0.2, 0) is 38.7 Å². The van der Waals surface area contributed by atoms with E-state index in [0.29, 0.717) is 0 Å². The van der Waals surface area contributed by atoms with Crippen molar-refractivity contribution < 1.29 is 59.1 Å². The zero-order chi connectivity index (χ0) is 16.1. The molecule has 0 fully saturated rings. The Morgan fingerprint density at radius 1 is 0.609 bits per heavy atom. The van der Waals surface area contributed by atoms with Gasteiger partial charge in [0.2, 0.25) is 0 Å². The summed E-state index contributed by atoms with van der Waals surface area (Å²) in [5, 5.41) is 35.1. The molecule has 0 radical (unpaired) electrons. The first kappa shape index (κ1) is 31.2. The van der Waals surface area contributed by atoms with E-state index >= 15 is 0 Å². The molecule has 0 aromatic carbocycles. The molecule has 0 amide bonds. The van der Waals surface area contributed by atoms with E-state index in [2.05, 4.69) is 0 Å². The fraction of sp³-hybridized carbons (Fsp3) is 0.600. The van der Waals surface area contributed by atoms with Gasteiger partial charge in [-0.1, -0.05) is 0 Å².